The Morgan fingerprint density at radius 1 is 1.50 bits per heavy atom. The second-order valence-electron chi connectivity index (χ2n) is 4.37. The lowest BCUT2D eigenvalue weighted by atomic mass is 10.3. The lowest BCUT2D eigenvalue weighted by Gasteiger charge is -2.17. The van der Waals surface area contributed by atoms with Crippen molar-refractivity contribution in [2.45, 2.75) is 45.1 Å². The third-order valence-corrected chi connectivity index (χ3v) is 3.23. The number of piperidine rings is 1. The molecule has 2 fully saturated rings. The van der Waals surface area contributed by atoms with Crippen LogP contribution in [-0.2, 0) is 4.74 Å². The van der Waals surface area contributed by atoms with Crippen LogP contribution in [0.4, 0.5) is 4.79 Å². The molecule has 2 aliphatic rings. The molecule has 0 aromatic carbocycles. The highest BCUT2D eigenvalue weighted by Gasteiger charge is 2.49. The predicted molar refractivity (Wildman–Crippen MR) is 54.1 cm³/mol. The van der Waals surface area contributed by atoms with Crippen molar-refractivity contribution in [3.8, 4) is 0 Å². The number of likely N-dealkylation sites (tertiary alicyclic amines) is 1. The van der Waals surface area contributed by atoms with Gasteiger partial charge in [-0.05, 0) is 25.2 Å². The average Bonchev–Trinajstić information content (AvgIpc) is 2.85. The van der Waals surface area contributed by atoms with Crippen molar-refractivity contribution >= 4 is 6.09 Å². The quantitative estimate of drug-likeness (QED) is 0.648. The van der Waals surface area contributed by atoms with Crippen LogP contribution in [-0.4, -0.2) is 30.2 Å². The molecule has 1 aliphatic heterocycles. The number of carbonyl (C=O) groups is 1. The summed E-state index contributed by atoms with van der Waals surface area (Å²) in [5.41, 5.74) is 0. The number of ether oxygens (including phenoxy) is 1. The molecule has 1 heterocycles. The maximum absolute atomic E-state index is 11.5. The van der Waals surface area contributed by atoms with E-state index in [0.717, 1.165) is 25.3 Å². The number of amides is 1. The normalized spacial score (nSPS) is 28.8. The molecule has 14 heavy (non-hydrogen) atoms. The Labute approximate surface area is 85.4 Å². The van der Waals surface area contributed by atoms with E-state index < -0.39 is 0 Å². The monoisotopic (exact) mass is 197 g/mol. The van der Waals surface area contributed by atoms with E-state index in [9.17, 15) is 4.79 Å². The molecule has 2 atom stereocenters. The minimum Gasteiger partial charge on any atom is -0.449 e. The van der Waals surface area contributed by atoms with Crippen molar-refractivity contribution in [1.82, 2.24) is 4.90 Å². The zero-order valence-corrected chi connectivity index (χ0v) is 8.87. The summed E-state index contributed by atoms with van der Waals surface area (Å²) in [7, 11) is 0. The van der Waals surface area contributed by atoms with Gasteiger partial charge in [0, 0.05) is 12.6 Å². The molecule has 1 amide bonds. The van der Waals surface area contributed by atoms with Crippen molar-refractivity contribution in [2.24, 2.45) is 5.92 Å². The molecule has 0 aromatic heterocycles. The lowest BCUT2D eigenvalue weighted by Crippen LogP contribution is -2.31. The van der Waals surface area contributed by atoms with Gasteiger partial charge in [0.15, 0.2) is 0 Å². The smallest absolute Gasteiger partial charge is 0.410 e. The van der Waals surface area contributed by atoms with Gasteiger partial charge in [0.2, 0.25) is 0 Å². The topological polar surface area (TPSA) is 29.5 Å². The van der Waals surface area contributed by atoms with Crippen LogP contribution in [0.25, 0.3) is 0 Å². The van der Waals surface area contributed by atoms with Crippen molar-refractivity contribution < 1.29 is 9.53 Å². The molecule has 3 heteroatoms. The molecular weight excluding hydrogens is 178 g/mol. The van der Waals surface area contributed by atoms with Gasteiger partial charge in [0.25, 0.3) is 0 Å². The number of hydrogen-bond acceptors (Lipinski definition) is 2. The lowest BCUT2D eigenvalue weighted by molar-refractivity contribution is 0.103. The highest BCUT2D eigenvalue weighted by Crippen LogP contribution is 2.44. The van der Waals surface area contributed by atoms with E-state index >= 15 is 0 Å². The first-order chi connectivity index (χ1) is 6.83. The number of carbonyl (C=O) groups excluding carboxylic acids is 1. The van der Waals surface area contributed by atoms with Crippen molar-refractivity contribution in [2.75, 3.05) is 13.2 Å². The van der Waals surface area contributed by atoms with Crippen LogP contribution in [0.5, 0.6) is 0 Å². The summed E-state index contributed by atoms with van der Waals surface area (Å²) in [6.07, 6.45) is 5.65. The van der Waals surface area contributed by atoms with Gasteiger partial charge in [-0.25, -0.2) is 4.79 Å². The first-order valence-electron chi connectivity index (χ1n) is 5.76. The van der Waals surface area contributed by atoms with Crippen LogP contribution in [0, 0.1) is 5.92 Å². The summed E-state index contributed by atoms with van der Waals surface area (Å²) in [6.45, 7) is 3.67. The highest BCUT2D eigenvalue weighted by molar-refractivity contribution is 5.69. The number of hydrogen-bond donors (Lipinski definition) is 0. The Morgan fingerprint density at radius 3 is 2.93 bits per heavy atom. The molecule has 80 valence electrons. The molecule has 3 nitrogen and oxygen atoms in total. The molecule has 0 N–H and O–H groups in total. The fourth-order valence-electron chi connectivity index (χ4n) is 2.22. The molecule has 2 rings (SSSR count). The molecule has 1 aliphatic carbocycles. The third-order valence-electron chi connectivity index (χ3n) is 3.23. The van der Waals surface area contributed by atoms with Gasteiger partial charge in [0.05, 0.1) is 6.61 Å². The van der Waals surface area contributed by atoms with Gasteiger partial charge in [-0.2, -0.15) is 0 Å². The average molecular weight is 197 g/mol. The van der Waals surface area contributed by atoms with Crippen LogP contribution < -0.4 is 0 Å². The van der Waals surface area contributed by atoms with Gasteiger partial charge in [-0.3, -0.25) is 0 Å². The van der Waals surface area contributed by atoms with E-state index in [-0.39, 0.29) is 6.09 Å². The first kappa shape index (κ1) is 9.81. The minimum absolute atomic E-state index is 0.0777. The van der Waals surface area contributed by atoms with Crippen molar-refractivity contribution in [3.05, 3.63) is 0 Å². The summed E-state index contributed by atoms with van der Waals surface area (Å²) >= 11 is 0. The molecule has 0 aromatic rings. The Kier molecular flexibility index (Phi) is 2.94. The molecule has 0 spiro atoms. The molecule has 2 unspecified atom stereocenters. The third kappa shape index (κ3) is 2.02. The zero-order chi connectivity index (χ0) is 9.97. The second kappa shape index (κ2) is 4.20. The zero-order valence-electron chi connectivity index (χ0n) is 8.87. The maximum Gasteiger partial charge on any atom is 0.410 e. The summed E-state index contributed by atoms with van der Waals surface area (Å²) < 4.78 is 5.21. The van der Waals surface area contributed by atoms with E-state index in [0.29, 0.717) is 12.6 Å². The molecule has 0 bridgehead atoms. The Bertz CT molecular complexity index is 217. The summed E-state index contributed by atoms with van der Waals surface area (Å²) in [4.78, 5) is 13.5. The second-order valence-corrected chi connectivity index (χ2v) is 4.37. The van der Waals surface area contributed by atoms with E-state index in [1.807, 2.05) is 4.90 Å². The Morgan fingerprint density at radius 2 is 2.36 bits per heavy atom. The predicted octanol–water partition coefficient (Wildman–Crippen LogP) is 2.41. The Balaban J connectivity index is 1.63. The SMILES string of the molecule is CCCCCOC(=O)N1CCC2CC21. The van der Waals surface area contributed by atoms with Crippen LogP contribution in [0.3, 0.4) is 0 Å². The van der Waals surface area contributed by atoms with Gasteiger partial charge >= 0.3 is 6.09 Å². The number of nitrogens with zero attached hydrogens (tertiary/aromatic N) is 1. The first-order valence-corrected chi connectivity index (χ1v) is 5.76. The fourth-order valence-corrected chi connectivity index (χ4v) is 2.22. The highest BCUT2D eigenvalue weighted by atomic mass is 16.6. The van der Waals surface area contributed by atoms with Gasteiger partial charge in [0.1, 0.15) is 0 Å². The summed E-state index contributed by atoms with van der Waals surface area (Å²) in [5.74, 6) is 0.804. The largest absolute Gasteiger partial charge is 0.449 e. The van der Waals surface area contributed by atoms with Gasteiger partial charge < -0.3 is 9.64 Å². The van der Waals surface area contributed by atoms with E-state index in [1.54, 1.807) is 0 Å². The van der Waals surface area contributed by atoms with E-state index in [4.69, 9.17) is 4.74 Å². The molecule has 1 saturated heterocycles. The van der Waals surface area contributed by atoms with Gasteiger partial charge in [-0.15, -0.1) is 0 Å². The van der Waals surface area contributed by atoms with E-state index in [1.165, 1.54) is 19.3 Å². The molecule has 1 saturated carbocycles. The minimum atomic E-state index is -0.0777. The summed E-state index contributed by atoms with van der Waals surface area (Å²) in [6, 6.07) is 0.536. The number of fused-ring (bicyclic) bond motifs is 1. The number of unbranched alkanes of at least 4 members (excludes halogenated alkanes) is 2. The molecule has 0 radical (unpaired) electrons. The standard InChI is InChI=1S/C11H19NO2/c1-2-3-4-7-14-11(13)12-6-5-9-8-10(9)12/h9-10H,2-8H2,1H3. The van der Waals surface area contributed by atoms with Crippen LogP contribution in [0.15, 0.2) is 0 Å². The van der Waals surface area contributed by atoms with Crippen LogP contribution >= 0.6 is 0 Å². The van der Waals surface area contributed by atoms with Crippen LogP contribution in [0.2, 0.25) is 0 Å². The fraction of sp³-hybridized carbons (Fsp3) is 0.909. The Hall–Kier alpha value is -0.730. The van der Waals surface area contributed by atoms with E-state index in [2.05, 4.69) is 6.92 Å². The van der Waals surface area contributed by atoms with Gasteiger partial charge in [-0.1, -0.05) is 19.8 Å². The van der Waals surface area contributed by atoms with Crippen molar-refractivity contribution in [1.29, 1.82) is 0 Å². The maximum atomic E-state index is 11.5. The molecular formula is C11H19NO2. The number of rotatable bonds is 4. The summed E-state index contributed by atoms with van der Waals surface area (Å²) in [5, 5.41) is 0. The van der Waals surface area contributed by atoms with Crippen molar-refractivity contribution in [3.63, 3.8) is 0 Å². The van der Waals surface area contributed by atoms with Crippen LogP contribution in [0.1, 0.15) is 39.0 Å².